The number of carbonyl (C=O) groups excluding carboxylic acids is 2. The number of hydrogen-bond acceptors (Lipinski definition) is 6. The summed E-state index contributed by atoms with van der Waals surface area (Å²) < 4.78 is 16.2. The number of amides is 1. The van der Waals surface area contributed by atoms with Crippen molar-refractivity contribution in [3.8, 4) is 5.75 Å². The number of aromatic nitrogens is 1. The number of fused-ring (bicyclic) bond motifs is 2. The standard InChI is InChI=1S/C22H24N2O5/c1-3-28-22(26)13-4-6-14(7-5-13)24-21(25)20-18-11-10-17(29-18)19(20)16-9-8-15(27-2)12-23-16/h4-9,12,17-20H,3,10-11H2,1-2H3,(H,24,25)/t17?,18?,19-,20?/m1/s1. The van der Waals surface area contributed by atoms with Crippen molar-refractivity contribution in [1.82, 2.24) is 4.98 Å². The van der Waals surface area contributed by atoms with Gasteiger partial charge in [0.2, 0.25) is 5.91 Å². The second kappa shape index (κ2) is 8.21. The van der Waals surface area contributed by atoms with Crippen molar-refractivity contribution in [2.75, 3.05) is 19.0 Å². The molecule has 3 unspecified atom stereocenters. The highest BCUT2D eigenvalue weighted by atomic mass is 16.5. The average molecular weight is 396 g/mol. The smallest absolute Gasteiger partial charge is 0.338 e. The minimum atomic E-state index is -0.377. The van der Waals surface area contributed by atoms with Crippen molar-refractivity contribution >= 4 is 17.6 Å². The van der Waals surface area contributed by atoms with Crippen LogP contribution in [0.3, 0.4) is 0 Å². The van der Waals surface area contributed by atoms with Crippen molar-refractivity contribution in [3.63, 3.8) is 0 Å². The van der Waals surface area contributed by atoms with Crippen LogP contribution >= 0.6 is 0 Å². The number of methoxy groups -OCH3 is 1. The summed E-state index contributed by atoms with van der Waals surface area (Å²) in [6.45, 7) is 2.08. The molecule has 152 valence electrons. The number of ether oxygens (including phenoxy) is 3. The number of carbonyl (C=O) groups is 2. The van der Waals surface area contributed by atoms with Crippen LogP contribution in [0.5, 0.6) is 5.75 Å². The summed E-state index contributed by atoms with van der Waals surface area (Å²) in [4.78, 5) is 29.4. The van der Waals surface area contributed by atoms with E-state index in [1.54, 1.807) is 44.5 Å². The Labute approximate surface area is 169 Å². The van der Waals surface area contributed by atoms with Gasteiger partial charge in [-0.3, -0.25) is 9.78 Å². The van der Waals surface area contributed by atoms with E-state index in [1.807, 2.05) is 12.1 Å². The van der Waals surface area contributed by atoms with Crippen molar-refractivity contribution < 1.29 is 23.8 Å². The van der Waals surface area contributed by atoms with Gasteiger partial charge in [0.1, 0.15) is 5.75 Å². The lowest BCUT2D eigenvalue weighted by atomic mass is 9.76. The van der Waals surface area contributed by atoms with Crippen LogP contribution in [0.2, 0.25) is 0 Å². The topological polar surface area (TPSA) is 86.8 Å². The molecule has 3 heterocycles. The Morgan fingerprint density at radius 2 is 1.90 bits per heavy atom. The molecule has 29 heavy (non-hydrogen) atoms. The van der Waals surface area contributed by atoms with E-state index in [4.69, 9.17) is 14.2 Å². The molecule has 0 saturated carbocycles. The molecule has 2 aliphatic heterocycles. The maximum absolute atomic E-state index is 13.1. The molecule has 2 aliphatic rings. The zero-order chi connectivity index (χ0) is 20.4. The molecule has 0 spiro atoms. The van der Waals surface area contributed by atoms with Crippen LogP contribution < -0.4 is 10.1 Å². The summed E-state index contributed by atoms with van der Waals surface area (Å²) in [7, 11) is 1.60. The van der Waals surface area contributed by atoms with E-state index >= 15 is 0 Å². The van der Waals surface area contributed by atoms with Gasteiger partial charge in [0.25, 0.3) is 0 Å². The number of rotatable bonds is 6. The Morgan fingerprint density at radius 3 is 2.55 bits per heavy atom. The predicted octanol–water partition coefficient (Wildman–Crippen LogP) is 3.17. The number of nitrogens with zero attached hydrogens (tertiary/aromatic N) is 1. The summed E-state index contributed by atoms with van der Waals surface area (Å²) >= 11 is 0. The third-order valence-electron chi connectivity index (χ3n) is 5.58. The van der Waals surface area contributed by atoms with Crippen LogP contribution in [-0.2, 0) is 14.3 Å². The molecule has 2 bridgehead atoms. The number of nitrogens with one attached hydrogen (secondary N) is 1. The van der Waals surface area contributed by atoms with E-state index in [0.717, 1.165) is 18.5 Å². The van der Waals surface area contributed by atoms with Gasteiger partial charge < -0.3 is 19.5 Å². The molecule has 7 heteroatoms. The molecule has 1 N–H and O–H groups in total. The molecule has 1 aromatic heterocycles. The van der Waals surface area contributed by atoms with Crippen molar-refractivity contribution in [2.24, 2.45) is 5.92 Å². The maximum Gasteiger partial charge on any atom is 0.338 e. The van der Waals surface area contributed by atoms with Gasteiger partial charge >= 0.3 is 5.97 Å². The van der Waals surface area contributed by atoms with Gasteiger partial charge in [-0.1, -0.05) is 0 Å². The van der Waals surface area contributed by atoms with Gasteiger partial charge in [0, 0.05) is 17.3 Å². The van der Waals surface area contributed by atoms with Gasteiger partial charge in [0.05, 0.1) is 43.6 Å². The zero-order valence-corrected chi connectivity index (χ0v) is 16.5. The van der Waals surface area contributed by atoms with Crippen LogP contribution in [0.1, 0.15) is 41.7 Å². The summed E-state index contributed by atoms with van der Waals surface area (Å²) in [6.07, 6.45) is 3.37. The lowest BCUT2D eigenvalue weighted by molar-refractivity contribution is -0.121. The van der Waals surface area contributed by atoms with Crippen molar-refractivity contribution in [1.29, 1.82) is 0 Å². The van der Waals surface area contributed by atoms with Crippen LogP contribution in [0.25, 0.3) is 0 Å². The molecule has 4 atom stereocenters. The Kier molecular flexibility index (Phi) is 5.49. The van der Waals surface area contributed by atoms with Crippen LogP contribution in [-0.4, -0.2) is 42.8 Å². The predicted molar refractivity (Wildman–Crippen MR) is 106 cm³/mol. The first-order valence-corrected chi connectivity index (χ1v) is 9.84. The van der Waals surface area contributed by atoms with Gasteiger partial charge in [-0.15, -0.1) is 0 Å². The fraction of sp³-hybridized carbons (Fsp3) is 0.409. The van der Waals surface area contributed by atoms with Gasteiger partial charge in [-0.25, -0.2) is 4.79 Å². The van der Waals surface area contributed by atoms with Gasteiger partial charge in [-0.2, -0.15) is 0 Å². The maximum atomic E-state index is 13.1. The highest BCUT2D eigenvalue weighted by Crippen LogP contribution is 2.48. The molecular formula is C22H24N2O5. The highest BCUT2D eigenvalue weighted by molar-refractivity contribution is 5.95. The Bertz CT molecular complexity index is 881. The third kappa shape index (κ3) is 3.82. The zero-order valence-electron chi connectivity index (χ0n) is 16.5. The van der Waals surface area contributed by atoms with Crippen molar-refractivity contribution in [3.05, 3.63) is 53.9 Å². The fourth-order valence-electron chi connectivity index (χ4n) is 4.23. The summed E-state index contributed by atoms with van der Waals surface area (Å²) in [6, 6.07) is 10.5. The third-order valence-corrected chi connectivity index (χ3v) is 5.58. The second-order valence-electron chi connectivity index (χ2n) is 7.25. The van der Waals surface area contributed by atoms with E-state index in [2.05, 4.69) is 10.3 Å². The quantitative estimate of drug-likeness (QED) is 0.755. The molecule has 2 aromatic rings. The fourth-order valence-corrected chi connectivity index (χ4v) is 4.23. The molecule has 4 rings (SSSR count). The second-order valence-corrected chi connectivity index (χ2v) is 7.25. The number of esters is 1. The minimum absolute atomic E-state index is 0.00262. The number of pyridine rings is 1. The highest BCUT2D eigenvalue weighted by Gasteiger charge is 2.53. The molecule has 0 radical (unpaired) electrons. The van der Waals surface area contributed by atoms with E-state index in [-0.39, 0.29) is 35.9 Å². The monoisotopic (exact) mass is 396 g/mol. The first kappa shape index (κ1) is 19.4. The van der Waals surface area contributed by atoms with Gasteiger partial charge in [0.15, 0.2) is 0 Å². The van der Waals surface area contributed by atoms with E-state index < -0.39 is 0 Å². The lowest BCUT2D eigenvalue weighted by Crippen LogP contribution is -2.36. The first-order valence-electron chi connectivity index (χ1n) is 9.84. The van der Waals surface area contributed by atoms with Gasteiger partial charge in [-0.05, 0) is 56.2 Å². The van der Waals surface area contributed by atoms with Crippen molar-refractivity contribution in [2.45, 2.75) is 37.9 Å². The molecule has 2 saturated heterocycles. The number of hydrogen-bond donors (Lipinski definition) is 1. The molecular weight excluding hydrogens is 372 g/mol. The summed E-state index contributed by atoms with van der Waals surface area (Å²) in [5.74, 6) is -0.181. The summed E-state index contributed by atoms with van der Waals surface area (Å²) in [5.41, 5.74) is 1.93. The molecule has 2 fully saturated rings. The molecule has 7 nitrogen and oxygen atoms in total. The van der Waals surface area contributed by atoms with E-state index in [0.29, 0.717) is 23.6 Å². The SMILES string of the molecule is CCOC(=O)c1ccc(NC(=O)C2C3CCC(O3)[C@H]2c2ccc(OC)cn2)cc1. The lowest BCUT2D eigenvalue weighted by Gasteiger charge is -2.26. The van der Waals surface area contributed by atoms with E-state index in [1.165, 1.54) is 0 Å². The average Bonchev–Trinajstić information content (AvgIpc) is 3.36. The summed E-state index contributed by atoms with van der Waals surface area (Å²) in [5, 5.41) is 2.97. The molecule has 1 aromatic carbocycles. The Hall–Kier alpha value is -2.93. The van der Waals surface area contributed by atoms with E-state index in [9.17, 15) is 9.59 Å². The normalized spacial score (nSPS) is 24.9. The number of anilines is 1. The number of benzene rings is 1. The molecule has 0 aliphatic carbocycles. The Morgan fingerprint density at radius 1 is 1.14 bits per heavy atom. The Balaban J connectivity index is 1.50. The van der Waals surface area contributed by atoms with Crippen LogP contribution in [0, 0.1) is 5.92 Å². The minimum Gasteiger partial charge on any atom is -0.495 e. The largest absolute Gasteiger partial charge is 0.495 e. The molecule has 1 amide bonds. The first-order chi connectivity index (χ1) is 14.1. The van der Waals surface area contributed by atoms with Crippen LogP contribution in [0.15, 0.2) is 42.6 Å². The van der Waals surface area contributed by atoms with Crippen LogP contribution in [0.4, 0.5) is 5.69 Å².